The van der Waals surface area contributed by atoms with Crippen molar-refractivity contribution in [3.8, 4) is 5.75 Å². The van der Waals surface area contributed by atoms with Crippen LogP contribution < -0.4 is 5.32 Å². The second-order valence-electron chi connectivity index (χ2n) is 3.55. The van der Waals surface area contributed by atoms with Crippen LogP contribution in [0, 0.1) is 5.92 Å². The maximum Gasteiger partial charge on any atom is 0.231 e. The van der Waals surface area contributed by atoms with E-state index in [1.807, 2.05) is 0 Å². The van der Waals surface area contributed by atoms with Crippen LogP contribution in [0.3, 0.4) is 0 Å². The number of hydrogen-bond acceptors (Lipinski definition) is 4. The zero-order valence-electron chi connectivity index (χ0n) is 8.44. The molecule has 2 heterocycles. The van der Waals surface area contributed by atoms with Crippen molar-refractivity contribution in [2.75, 3.05) is 18.5 Å². The van der Waals surface area contributed by atoms with Gasteiger partial charge in [0.25, 0.3) is 0 Å². The summed E-state index contributed by atoms with van der Waals surface area (Å²) in [6.45, 7) is 1.04. The number of anilines is 1. The van der Waals surface area contributed by atoms with Crippen LogP contribution in [0.5, 0.6) is 5.75 Å². The molecule has 1 fully saturated rings. The topological polar surface area (TPSA) is 71.5 Å². The number of nitrogens with one attached hydrogen (secondary N) is 1. The highest BCUT2D eigenvalue weighted by molar-refractivity contribution is 9.10. The Morgan fingerprint density at radius 2 is 2.44 bits per heavy atom. The maximum absolute atomic E-state index is 11.7. The number of nitrogens with zero attached hydrogens (tertiary/aromatic N) is 1. The summed E-state index contributed by atoms with van der Waals surface area (Å²) < 4.78 is 5.68. The highest BCUT2D eigenvalue weighted by atomic mass is 79.9. The van der Waals surface area contributed by atoms with Gasteiger partial charge < -0.3 is 15.2 Å². The number of carbonyl (C=O) groups is 1. The molecule has 1 aromatic rings. The van der Waals surface area contributed by atoms with Crippen LogP contribution in [0.4, 0.5) is 5.82 Å². The van der Waals surface area contributed by atoms with Gasteiger partial charge in [0, 0.05) is 6.61 Å². The third-order valence-corrected chi connectivity index (χ3v) is 2.82. The van der Waals surface area contributed by atoms with Crippen molar-refractivity contribution in [3.05, 3.63) is 16.7 Å². The summed E-state index contributed by atoms with van der Waals surface area (Å²) in [4.78, 5) is 15.7. The molecule has 6 heteroatoms. The lowest BCUT2D eigenvalue weighted by Gasteiger charge is -2.09. The monoisotopic (exact) mass is 286 g/mol. The number of rotatable bonds is 2. The molecule has 2 rings (SSSR count). The number of ether oxygens (including phenoxy) is 1. The average Bonchev–Trinajstić information content (AvgIpc) is 2.76. The molecule has 1 amide bonds. The lowest BCUT2D eigenvalue weighted by Crippen LogP contribution is -2.23. The summed E-state index contributed by atoms with van der Waals surface area (Å²) in [5.74, 6) is -0.194. The fourth-order valence-corrected chi connectivity index (χ4v) is 1.79. The standard InChI is InChI=1S/C10H11BrN2O3/c11-8-2-1-7(14)9(12-8)13-10(15)6-3-4-16-5-6/h1-2,6,14H,3-5H2,(H,12,13,15)/t6-/m1/s1. The van der Waals surface area contributed by atoms with Gasteiger partial charge in [-0.25, -0.2) is 4.98 Å². The van der Waals surface area contributed by atoms with E-state index in [9.17, 15) is 9.90 Å². The van der Waals surface area contributed by atoms with Gasteiger partial charge in [-0.2, -0.15) is 0 Å². The largest absolute Gasteiger partial charge is 0.504 e. The lowest BCUT2D eigenvalue weighted by atomic mass is 10.1. The van der Waals surface area contributed by atoms with Gasteiger partial charge in [0.15, 0.2) is 11.6 Å². The zero-order chi connectivity index (χ0) is 11.5. The van der Waals surface area contributed by atoms with E-state index in [2.05, 4.69) is 26.2 Å². The Kier molecular flexibility index (Phi) is 3.40. The minimum absolute atomic E-state index is 0.0459. The quantitative estimate of drug-likeness (QED) is 0.809. The normalized spacial score (nSPS) is 19.7. The second-order valence-corrected chi connectivity index (χ2v) is 4.36. The first kappa shape index (κ1) is 11.3. The molecule has 0 spiro atoms. The summed E-state index contributed by atoms with van der Waals surface area (Å²) in [6.07, 6.45) is 0.709. The smallest absolute Gasteiger partial charge is 0.231 e. The number of amides is 1. The van der Waals surface area contributed by atoms with Crippen molar-refractivity contribution in [2.45, 2.75) is 6.42 Å². The van der Waals surface area contributed by atoms with E-state index >= 15 is 0 Å². The summed E-state index contributed by atoms with van der Waals surface area (Å²) in [5, 5.41) is 12.1. The summed E-state index contributed by atoms with van der Waals surface area (Å²) in [5.41, 5.74) is 0. The molecule has 0 unspecified atom stereocenters. The van der Waals surface area contributed by atoms with Crippen LogP contribution in [0.2, 0.25) is 0 Å². The molecule has 0 radical (unpaired) electrons. The van der Waals surface area contributed by atoms with Crippen LogP contribution in [0.1, 0.15) is 6.42 Å². The lowest BCUT2D eigenvalue weighted by molar-refractivity contribution is -0.119. The number of halogens is 1. The molecular weight excluding hydrogens is 276 g/mol. The molecule has 2 N–H and O–H groups in total. The van der Waals surface area contributed by atoms with Crippen molar-refractivity contribution in [2.24, 2.45) is 5.92 Å². The Labute approximate surface area is 101 Å². The van der Waals surface area contributed by atoms with Gasteiger partial charge in [-0.1, -0.05) is 0 Å². The highest BCUT2D eigenvalue weighted by Crippen LogP contribution is 2.24. The van der Waals surface area contributed by atoms with Gasteiger partial charge >= 0.3 is 0 Å². The van der Waals surface area contributed by atoms with Crippen LogP contribution in [-0.2, 0) is 9.53 Å². The van der Waals surface area contributed by atoms with Gasteiger partial charge in [0.2, 0.25) is 5.91 Å². The molecule has 1 atom stereocenters. The van der Waals surface area contributed by atoms with E-state index in [0.717, 1.165) is 0 Å². The van der Waals surface area contributed by atoms with E-state index in [0.29, 0.717) is 24.2 Å². The molecule has 1 aliphatic rings. The Hall–Kier alpha value is -1.14. The average molecular weight is 287 g/mol. The SMILES string of the molecule is O=C(Nc1nc(Br)ccc1O)[C@@H]1CCOC1. The predicted molar refractivity (Wildman–Crippen MR) is 61.2 cm³/mol. The Balaban J connectivity index is 2.07. The second kappa shape index (κ2) is 4.80. The number of carbonyl (C=O) groups excluding carboxylic acids is 1. The zero-order valence-corrected chi connectivity index (χ0v) is 10.0. The van der Waals surface area contributed by atoms with Crippen molar-refractivity contribution in [1.82, 2.24) is 4.98 Å². The van der Waals surface area contributed by atoms with Gasteiger partial charge in [0.05, 0.1) is 12.5 Å². The third-order valence-electron chi connectivity index (χ3n) is 2.38. The number of aromatic nitrogens is 1. The Morgan fingerprint density at radius 3 is 3.12 bits per heavy atom. The number of aromatic hydroxyl groups is 1. The summed E-state index contributed by atoms with van der Waals surface area (Å²) >= 11 is 3.17. The van der Waals surface area contributed by atoms with Crippen molar-refractivity contribution < 1.29 is 14.6 Å². The van der Waals surface area contributed by atoms with Crippen molar-refractivity contribution in [1.29, 1.82) is 0 Å². The molecule has 1 aliphatic heterocycles. The number of pyridine rings is 1. The van der Waals surface area contributed by atoms with Gasteiger partial charge in [-0.05, 0) is 34.5 Å². The Bertz CT molecular complexity index is 405. The molecule has 1 aromatic heterocycles. The van der Waals surface area contributed by atoms with Crippen molar-refractivity contribution >= 4 is 27.7 Å². The fourth-order valence-electron chi connectivity index (χ4n) is 1.48. The third kappa shape index (κ3) is 2.51. The van der Waals surface area contributed by atoms with Crippen molar-refractivity contribution in [3.63, 3.8) is 0 Å². The van der Waals surface area contributed by atoms with E-state index in [1.165, 1.54) is 6.07 Å². The first-order chi connectivity index (χ1) is 7.66. The van der Waals surface area contributed by atoms with E-state index in [4.69, 9.17) is 4.74 Å². The van der Waals surface area contributed by atoms with Crippen LogP contribution in [0.25, 0.3) is 0 Å². The number of hydrogen-bond donors (Lipinski definition) is 2. The van der Waals surface area contributed by atoms with Crippen LogP contribution in [0.15, 0.2) is 16.7 Å². The first-order valence-electron chi connectivity index (χ1n) is 4.91. The molecule has 0 aliphatic carbocycles. The van der Waals surface area contributed by atoms with Gasteiger partial charge in [-0.3, -0.25) is 4.79 Å². The van der Waals surface area contributed by atoms with E-state index in [1.54, 1.807) is 6.07 Å². The molecular formula is C10H11BrN2O3. The summed E-state index contributed by atoms with van der Waals surface area (Å²) in [7, 11) is 0. The minimum Gasteiger partial charge on any atom is -0.504 e. The molecule has 0 aromatic carbocycles. The molecule has 5 nitrogen and oxygen atoms in total. The van der Waals surface area contributed by atoms with Crippen LogP contribution in [-0.4, -0.2) is 29.2 Å². The minimum atomic E-state index is -0.168. The Morgan fingerprint density at radius 1 is 1.62 bits per heavy atom. The molecule has 1 saturated heterocycles. The molecule has 0 bridgehead atoms. The molecule has 0 saturated carbocycles. The maximum atomic E-state index is 11.7. The van der Waals surface area contributed by atoms with Gasteiger partial charge in [0.1, 0.15) is 4.60 Å². The van der Waals surface area contributed by atoms with E-state index < -0.39 is 0 Å². The fraction of sp³-hybridized carbons (Fsp3) is 0.400. The van der Waals surface area contributed by atoms with Crippen LogP contribution >= 0.6 is 15.9 Å². The highest BCUT2D eigenvalue weighted by Gasteiger charge is 2.24. The molecule has 86 valence electrons. The predicted octanol–water partition coefficient (Wildman–Crippen LogP) is 1.52. The van der Waals surface area contributed by atoms with Gasteiger partial charge in [-0.15, -0.1) is 0 Å². The molecule has 16 heavy (non-hydrogen) atoms. The van der Waals surface area contributed by atoms with E-state index in [-0.39, 0.29) is 23.4 Å². The first-order valence-corrected chi connectivity index (χ1v) is 5.70. The summed E-state index contributed by atoms with van der Waals surface area (Å²) in [6, 6.07) is 3.07.